The first-order chi connectivity index (χ1) is 5.87. The van der Waals surface area contributed by atoms with E-state index in [0.717, 1.165) is 6.42 Å². The van der Waals surface area contributed by atoms with Crippen molar-refractivity contribution in [1.29, 1.82) is 0 Å². The Morgan fingerprint density at radius 2 is 2.08 bits per heavy atom. The molecular weight excluding hydrogens is 170 g/mol. The second-order valence-corrected chi connectivity index (χ2v) is 3.71. The van der Waals surface area contributed by atoms with Crippen molar-refractivity contribution in [2.75, 3.05) is 6.61 Å². The monoisotopic (exact) mass is 189 g/mol. The fourth-order valence-electron chi connectivity index (χ4n) is 0.552. The van der Waals surface area contributed by atoms with E-state index in [4.69, 9.17) is 15.2 Å². The molecule has 0 spiro atoms. The van der Waals surface area contributed by atoms with Crippen LogP contribution in [-0.4, -0.2) is 24.4 Å². The van der Waals surface area contributed by atoms with Gasteiger partial charge in [-0.25, -0.2) is 4.79 Å². The van der Waals surface area contributed by atoms with E-state index in [0.29, 0.717) is 0 Å². The average molecular weight is 189 g/mol. The van der Waals surface area contributed by atoms with Gasteiger partial charge >= 0.3 is 6.16 Å². The van der Waals surface area contributed by atoms with Gasteiger partial charge in [-0.2, -0.15) is 0 Å². The molecule has 1 atom stereocenters. The minimum Gasteiger partial charge on any atom is -0.432 e. The SMILES string of the molecule is CCC(C)(N)COC(=O)OC(C)C. The van der Waals surface area contributed by atoms with Crippen LogP contribution in [-0.2, 0) is 9.47 Å². The van der Waals surface area contributed by atoms with Gasteiger partial charge in [0.05, 0.1) is 6.10 Å². The standard InChI is InChI=1S/C9H19NO3/c1-5-9(4,10)6-12-8(11)13-7(2)3/h7H,5-6,10H2,1-4H3. The summed E-state index contributed by atoms with van der Waals surface area (Å²) in [5, 5.41) is 0. The molecule has 0 heterocycles. The van der Waals surface area contributed by atoms with Crippen LogP contribution in [0, 0.1) is 0 Å². The molecule has 0 aromatic rings. The molecule has 13 heavy (non-hydrogen) atoms. The highest BCUT2D eigenvalue weighted by atomic mass is 16.7. The number of carbonyl (C=O) groups excluding carboxylic acids is 1. The van der Waals surface area contributed by atoms with Crippen LogP contribution in [0.25, 0.3) is 0 Å². The second kappa shape index (κ2) is 5.07. The fourth-order valence-corrected chi connectivity index (χ4v) is 0.552. The Balaban J connectivity index is 3.70. The van der Waals surface area contributed by atoms with Crippen LogP contribution >= 0.6 is 0 Å². The number of hydrogen-bond donors (Lipinski definition) is 1. The Labute approximate surface area is 79.4 Å². The van der Waals surface area contributed by atoms with Gasteiger partial charge in [0, 0.05) is 5.54 Å². The second-order valence-electron chi connectivity index (χ2n) is 3.71. The van der Waals surface area contributed by atoms with Gasteiger partial charge < -0.3 is 15.2 Å². The van der Waals surface area contributed by atoms with Gasteiger partial charge in [0.25, 0.3) is 0 Å². The Bertz CT molecular complexity index is 166. The van der Waals surface area contributed by atoms with Gasteiger partial charge in [-0.05, 0) is 27.2 Å². The summed E-state index contributed by atoms with van der Waals surface area (Å²) in [5.74, 6) is 0. The zero-order valence-electron chi connectivity index (χ0n) is 8.79. The van der Waals surface area contributed by atoms with E-state index in [-0.39, 0.29) is 12.7 Å². The van der Waals surface area contributed by atoms with Gasteiger partial charge in [-0.15, -0.1) is 0 Å². The number of carbonyl (C=O) groups is 1. The normalized spacial score (nSPS) is 15.2. The number of hydrogen-bond acceptors (Lipinski definition) is 4. The topological polar surface area (TPSA) is 61.5 Å². The van der Waals surface area contributed by atoms with E-state index in [1.54, 1.807) is 13.8 Å². The first kappa shape index (κ1) is 12.2. The number of ether oxygens (including phenoxy) is 2. The molecule has 4 nitrogen and oxygen atoms in total. The van der Waals surface area contributed by atoms with E-state index in [1.165, 1.54) is 0 Å². The van der Waals surface area contributed by atoms with Crippen LogP contribution < -0.4 is 5.73 Å². The van der Waals surface area contributed by atoms with Crippen LogP contribution in [0.15, 0.2) is 0 Å². The first-order valence-electron chi connectivity index (χ1n) is 4.49. The maximum Gasteiger partial charge on any atom is 0.508 e. The lowest BCUT2D eigenvalue weighted by Gasteiger charge is -2.21. The van der Waals surface area contributed by atoms with Crippen molar-refractivity contribution in [3.8, 4) is 0 Å². The number of rotatable bonds is 4. The van der Waals surface area contributed by atoms with Crippen LogP contribution in [0.3, 0.4) is 0 Å². The van der Waals surface area contributed by atoms with Crippen LogP contribution in [0.4, 0.5) is 4.79 Å². The van der Waals surface area contributed by atoms with Gasteiger partial charge in [-0.1, -0.05) is 6.92 Å². The van der Waals surface area contributed by atoms with E-state index in [2.05, 4.69) is 0 Å². The maximum absolute atomic E-state index is 10.9. The number of nitrogens with two attached hydrogens (primary N) is 1. The van der Waals surface area contributed by atoms with Gasteiger partial charge in [-0.3, -0.25) is 0 Å². The van der Waals surface area contributed by atoms with E-state index < -0.39 is 11.7 Å². The molecule has 2 N–H and O–H groups in total. The van der Waals surface area contributed by atoms with Crippen molar-refractivity contribution >= 4 is 6.16 Å². The molecule has 78 valence electrons. The molecular formula is C9H19NO3. The third-order valence-corrected chi connectivity index (χ3v) is 1.66. The van der Waals surface area contributed by atoms with Gasteiger partial charge in [0.2, 0.25) is 0 Å². The van der Waals surface area contributed by atoms with Crippen molar-refractivity contribution < 1.29 is 14.3 Å². The molecule has 0 saturated carbocycles. The Morgan fingerprint density at radius 3 is 2.46 bits per heavy atom. The molecule has 1 unspecified atom stereocenters. The zero-order chi connectivity index (χ0) is 10.5. The average Bonchev–Trinajstić information content (AvgIpc) is 2.00. The quantitative estimate of drug-likeness (QED) is 0.683. The first-order valence-corrected chi connectivity index (χ1v) is 4.49. The predicted molar refractivity (Wildman–Crippen MR) is 50.5 cm³/mol. The van der Waals surface area contributed by atoms with Crippen LogP contribution in [0.2, 0.25) is 0 Å². The molecule has 0 rings (SSSR count). The smallest absolute Gasteiger partial charge is 0.432 e. The molecule has 0 aliphatic carbocycles. The molecule has 0 saturated heterocycles. The van der Waals surface area contributed by atoms with Gasteiger partial charge in [0.15, 0.2) is 0 Å². The summed E-state index contributed by atoms with van der Waals surface area (Å²) in [4.78, 5) is 10.9. The zero-order valence-corrected chi connectivity index (χ0v) is 8.79. The Hall–Kier alpha value is -0.770. The summed E-state index contributed by atoms with van der Waals surface area (Å²) in [6, 6.07) is 0. The Morgan fingerprint density at radius 1 is 1.54 bits per heavy atom. The lowest BCUT2D eigenvalue weighted by molar-refractivity contribution is 0.0227. The van der Waals surface area contributed by atoms with Gasteiger partial charge in [0.1, 0.15) is 6.61 Å². The highest BCUT2D eigenvalue weighted by Gasteiger charge is 2.19. The summed E-state index contributed by atoms with van der Waals surface area (Å²) in [7, 11) is 0. The van der Waals surface area contributed by atoms with Crippen LogP contribution in [0.5, 0.6) is 0 Å². The summed E-state index contributed by atoms with van der Waals surface area (Å²) < 4.78 is 9.60. The summed E-state index contributed by atoms with van der Waals surface area (Å²) in [5.41, 5.74) is 5.30. The van der Waals surface area contributed by atoms with Crippen molar-refractivity contribution in [2.24, 2.45) is 5.73 Å². The summed E-state index contributed by atoms with van der Waals surface area (Å²) in [6.07, 6.45) is -0.0552. The lowest BCUT2D eigenvalue weighted by atomic mass is 10.0. The molecule has 0 aromatic heterocycles. The minimum atomic E-state index is -0.653. The molecule has 0 fully saturated rings. The predicted octanol–water partition coefficient (Wildman–Crippen LogP) is 1.68. The third kappa shape index (κ3) is 6.40. The minimum absolute atomic E-state index is 0.154. The molecule has 0 aliphatic heterocycles. The van der Waals surface area contributed by atoms with E-state index in [1.807, 2.05) is 13.8 Å². The molecule has 0 aromatic carbocycles. The molecule has 0 aliphatic rings. The molecule has 0 amide bonds. The van der Waals surface area contributed by atoms with Crippen molar-refractivity contribution in [3.05, 3.63) is 0 Å². The highest BCUT2D eigenvalue weighted by molar-refractivity contribution is 5.60. The van der Waals surface area contributed by atoms with Crippen molar-refractivity contribution in [3.63, 3.8) is 0 Å². The molecule has 4 heteroatoms. The lowest BCUT2D eigenvalue weighted by Crippen LogP contribution is -2.41. The highest BCUT2D eigenvalue weighted by Crippen LogP contribution is 2.05. The summed E-state index contributed by atoms with van der Waals surface area (Å²) >= 11 is 0. The maximum atomic E-state index is 10.9. The van der Waals surface area contributed by atoms with E-state index in [9.17, 15) is 4.79 Å². The fraction of sp³-hybridized carbons (Fsp3) is 0.889. The summed E-state index contributed by atoms with van der Waals surface area (Å²) in [6.45, 7) is 7.49. The van der Waals surface area contributed by atoms with Crippen LogP contribution in [0.1, 0.15) is 34.1 Å². The van der Waals surface area contributed by atoms with Crippen molar-refractivity contribution in [1.82, 2.24) is 0 Å². The molecule has 0 radical (unpaired) electrons. The molecule has 0 bridgehead atoms. The van der Waals surface area contributed by atoms with Crippen molar-refractivity contribution in [2.45, 2.75) is 45.8 Å². The third-order valence-electron chi connectivity index (χ3n) is 1.66. The van der Waals surface area contributed by atoms with E-state index >= 15 is 0 Å². The Kier molecular flexibility index (Phi) is 4.77. The largest absolute Gasteiger partial charge is 0.508 e.